The average Bonchev–Trinajstić information content (AvgIpc) is 3.31. The first-order valence-electron chi connectivity index (χ1n) is 18.1. The highest BCUT2D eigenvalue weighted by Crippen LogP contribution is 2.31. The van der Waals surface area contributed by atoms with E-state index in [9.17, 15) is 65.9 Å². The van der Waals surface area contributed by atoms with Crippen LogP contribution in [-0.2, 0) is 16.4 Å². The SMILES string of the molecule is CS(=O)(=O)c1ccc(C(=O)C[n+]2cccc3ccccc32)cc1.Fc1c(F)c(F)c([B-](c2c(F)c(F)c(F)c(F)c2F)(c2c(F)c(F)c(F)c(F)c2F)c2c(F)c(F)c(F)c(F)c2F)c(F)c1F. The van der Waals surface area contributed by atoms with Crippen molar-refractivity contribution >= 4 is 54.5 Å². The highest BCUT2D eigenvalue weighted by atomic mass is 32.2. The van der Waals surface area contributed by atoms with Crippen LogP contribution in [0, 0.1) is 116 Å². The van der Waals surface area contributed by atoms with Crippen molar-refractivity contribution in [3.05, 3.63) is 189 Å². The molecular weight excluding hydrogens is 989 g/mol. The number of benzene rings is 6. The van der Waals surface area contributed by atoms with Gasteiger partial charge in [0, 0.05) is 29.3 Å². The molecule has 26 heteroatoms. The number of pyridine rings is 1. The molecular formula is C42H16BF20NO3S. The van der Waals surface area contributed by atoms with Crippen LogP contribution in [0.2, 0.25) is 0 Å². The van der Waals surface area contributed by atoms with Gasteiger partial charge in [-0.25, -0.2) is 96.2 Å². The third-order valence-corrected chi connectivity index (χ3v) is 11.5. The molecule has 0 aliphatic heterocycles. The zero-order chi connectivity index (χ0) is 50.8. The van der Waals surface area contributed by atoms with Crippen molar-refractivity contribution in [2.45, 2.75) is 11.4 Å². The normalized spacial score (nSPS) is 11.8. The fourth-order valence-electron chi connectivity index (χ4n) is 7.37. The number of hydrogen-bond donors (Lipinski definition) is 0. The molecule has 0 saturated heterocycles. The van der Waals surface area contributed by atoms with Gasteiger partial charge in [-0.15, -0.1) is 21.9 Å². The van der Waals surface area contributed by atoms with E-state index in [1.54, 1.807) is 12.1 Å². The van der Waals surface area contributed by atoms with Crippen LogP contribution in [0.3, 0.4) is 0 Å². The van der Waals surface area contributed by atoms with Crippen molar-refractivity contribution in [3.63, 3.8) is 0 Å². The van der Waals surface area contributed by atoms with Gasteiger partial charge >= 0.3 is 0 Å². The van der Waals surface area contributed by atoms with Gasteiger partial charge in [-0.2, -0.15) is 4.57 Å². The predicted octanol–water partition coefficient (Wildman–Crippen LogP) is 8.26. The molecule has 356 valence electrons. The molecule has 0 bridgehead atoms. The molecule has 0 aliphatic carbocycles. The van der Waals surface area contributed by atoms with E-state index in [0.717, 1.165) is 17.2 Å². The predicted molar refractivity (Wildman–Crippen MR) is 197 cm³/mol. The first-order chi connectivity index (χ1) is 31.7. The summed E-state index contributed by atoms with van der Waals surface area (Å²) in [6.45, 7) is 0.208. The largest absolute Gasteiger partial charge is 0.287 e. The van der Waals surface area contributed by atoms with Gasteiger partial charge in [-0.3, -0.25) is 4.79 Å². The monoisotopic (exact) mass is 1010 g/mol. The number of aromatic nitrogens is 1. The molecule has 7 rings (SSSR count). The van der Waals surface area contributed by atoms with Crippen molar-refractivity contribution < 1.29 is 106 Å². The molecule has 1 heterocycles. The molecule has 0 unspecified atom stereocenters. The first kappa shape index (κ1) is 50.4. The maximum absolute atomic E-state index is 15.4. The van der Waals surface area contributed by atoms with Crippen LogP contribution in [0.15, 0.2) is 71.8 Å². The molecule has 0 fully saturated rings. The summed E-state index contributed by atoms with van der Waals surface area (Å²) >= 11 is 0. The Morgan fingerprint density at radius 1 is 0.412 bits per heavy atom. The number of fused-ring (bicyclic) bond motifs is 1. The van der Waals surface area contributed by atoms with E-state index >= 15 is 35.1 Å². The number of sulfone groups is 1. The standard InChI is InChI=1S/C24BF20.C18H16NO3S/c26-5-1(6(27)14(35)21(42)13(5)34)25(2-7(28)15(36)22(43)16(37)8(2)29,3-9(30)17(38)23(44)18(39)10(3)31)4-11(32)19(40)24(45)20(41)12(4)33;1-23(21,22)16-10-8-15(9-11-16)18(20)13-19-12-4-6-14-5-2-3-7-17(14)19/h;2-12H,13H2,1H3/q-1;+1. The lowest BCUT2D eigenvalue weighted by atomic mass is 9.12. The molecule has 6 aromatic carbocycles. The Hall–Kier alpha value is -6.99. The summed E-state index contributed by atoms with van der Waals surface area (Å²) in [6, 6.07) is 17.8. The van der Waals surface area contributed by atoms with E-state index in [2.05, 4.69) is 0 Å². The molecule has 0 saturated carbocycles. The highest BCUT2D eigenvalue weighted by molar-refractivity contribution is 7.90. The zero-order valence-electron chi connectivity index (χ0n) is 32.8. The Kier molecular flexibility index (Phi) is 13.5. The topological polar surface area (TPSA) is 55.1 Å². The molecule has 68 heavy (non-hydrogen) atoms. The number of hydrogen-bond acceptors (Lipinski definition) is 3. The lowest BCUT2D eigenvalue weighted by Crippen LogP contribution is -2.81. The molecule has 0 N–H and O–H groups in total. The summed E-state index contributed by atoms with van der Waals surface area (Å²) in [4.78, 5) is 12.7. The van der Waals surface area contributed by atoms with Gasteiger partial charge in [-0.1, -0.05) is 12.1 Å². The van der Waals surface area contributed by atoms with Crippen LogP contribution < -0.4 is 26.4 Å². The van der Waals surface area contributed by atoms with Crippen LogP contribution >= 0.6 is 0 Å². The van der Waals surface area contributed by atoms with E-state index in [0.29, 0.717) is 5.56 Å². The Morgan fingerprint density at radius 2 is 0.691 bits per heavy atom. The van der Waals surface area contributed by atoms with Gasteiger partial charge in [0.2, 0.25) is 17.8 Å². The number of para-hydroxylation sites is 1. The second-order valence-electron chi connectivity index (χ2n) is 14.2. The molecule has 1 aromatic heterocycles. The van der Waals surface area contributed by atoms with Crippen LogP contribution in [-0.4, -0.2) is 26.6 Å². The second-order valence-corrected chi connectivity index (χ2v) is 16.2. The molecule has 0 amide bonds. The van der Waals surface area contributed by atoms with Gasteiger partial charge in [0.1, 0.15) is 52.7 Å². The number of halogens is 20. The number of ketones is 1. The number of nitrogens with zero attached hydrogens (tertiary/aromatic N) is 1. The van der Waals surface area contributed by atoms with E-state index in [1.165, 1.54) is 12.1 Å². The number of carbonyl (C=O) groups excluding carboxylic acids is 1. The van der Waals surface area contributed by atoms with Crippen LogP contribution in [0.25, 0.3) is 10.9 Å². The second kappa shape index (κ2) is 18.3. The fourth-order valence-corrected chi connectivity index (χ4v) is 8.00. The smallest absolute Gasteiger partial charge is 0.227 e. The summed E-state index contributed by atoms with van der Waals surface area (Å²) < 4.78 is 319. The molecule has 7 aromatic rings. The Balaban J connectivity index is 0.000000276. The fraction of sp³-hybridized carbons (Fsp3) is 0.0476. The van der Waals surface area contributed by atoms with E-state index in [1.807, 2.05) is 47.2 Å². The summed E-state index contributed by atoms with van der Waals surface area (Å²) in [7, 11) is -3.25. The third-order valence-electron chi connectivity index (χ3n) is 10.4. The quantitative estimate of drug-likeness (QED) is 0.0385. The Morgan fingerprint density at radius 3 is 1.00 bits per heavy atom. The minimum absolute atomic E-state index is 0.0635. The Bertz CT molecular complexity index is 2990. The van der Waals surface area contributed by atoms with Crippen LogP contribution in [0.1, 0.15) is 10.4 Å². The molecule has 0 radical (unpaired) electrons. The summed E-state index contributed by atoms with van der Waals surface area (Å²) in [5.74, 6) is -71.5. The maximum atomic E-state index is 15.4. The van der Waals surface area contributed by atoms with Gasteiger partial charge in [0.25, 0.3) is 0 Å². The number of carbonyl (C=O) groups is 1. The van der Waals surface area contributed by atoms with Crippen molar-refractivity contribution in [1.82, 2.24) is 0 Å². The zero-order valence-corrected chi connectivity index (χ0v) is 33.6. The summed E-state index contributed by atoms with van der Waals surface area (Å²) in [5, 5.41) is 1.07. The average molecular weight is 1010 g/mol. The highest BCUT2D eigenvalue weighted by Gasteiger charge is 2.52. The lowest BCUT2D eigenvalue weighted by Gasteiger charge is -2.44. The third kappa shape index (κ3) is 7.96. The minimum Gasteiger partial charge on any atom is -0.287 e. The number of rotatable bonds is 8. The van der Waals surface area contributed by atoms with Crippen molar-refractivity contribution in [2.75, 3.05) is 6.26 Å². The van der Waals surface area contributed by atoms with Crippen molar-refractivity contribution in [2.24, 2.45) is 0 Å². The molecule has 0 spiro atoms. The molecule has 0 aliphatic rings. The van der Waals surface area contributed by atoms with Gasteiger partial charge in [0.05, 0.1) is 4.90 Å². The van der Waals surface area contributed by atoms with Crippen molar-refractivity contribution in [3.8, 4) is 0 Å². The van der Waals surface area contributed by atoms with E-state index in [-0.39, 0.29) is 17.2 Å². The van der Waals surface area contributed by atoms with E-state index < -0.39 is 154 Å². The minimum atomic E-state index is -7.22. The Labute approximate surface area is 366 Å². The van der Waals surface area contributed by atoms with Crippen LogP contribution in [0.4, 0.5) is 87.8 Å². The molecule has 4 nitrogen and oxygen atoms in total. The summed E-state index contributed by atoms with van der Waals surface area (Å²) in [6.07, 6.45) is -4.20. The van der Waals surface area contributed by atoms with Crippen molar-refractivity contribution in [1.29, 1.82) is 0 Å². The maximum Gasteiger partial charge on any atom is 0.227 e. The van der Waals surface area contributed by atoms with Gasteiger partial charge in [-0.05, 0) is 36.4 Å². The lowest BCUT2D eigenvalue weighted by molar-refractivity contribution is -0.657. The van der Waals surface area contributed by atoms with E-state index in [4.69, 9.17) is 0 Å². The van der Waals surface area contributed by atoms with Gasteiger partial charge in [0.15, 0.2) is 85.8 Å². The summed E-state index contributed by atoms with van der Waals surface area (Å²) in [5.41, 5.74) is -12.8. The number of Topliss-reactive ketones (excluding diaryl/α,β-unsaturated/α-hetero) is 1. The first-order valence-corrected chi connectivity index (χ1v) is 20.0. The molecule has 0 atom stereocenters. The van der Waals surface area contributed by atoms with Gasteiger partial charge < -0.3 is 0 Å². The van der Waals surface area contributed by atoms with Crippen LogP contribution in [0.5, 0.6) is 0 Å².